The van der Waals surface area contributed by atoms with Gasteiger partial charge in [0.05, 0.1) is 8.95 Å². The maximum Gasteiger partial charge on any atom is 0.323 e. The van der Waals surface area contributed by atoms with Crippen molar-refractivity contribution in [2.75, 3.05) is 6.54 Å². The number of rotatable bonds is 3. The number of benzene rings is 1. The number of phenols is 1. The van der Waals surface area contributed by atoms with E-state index < -0.39 is 11.9 Å². The summed E-state index contributed by atoms with van der Waals surface area (Å²) in [6.45, 7) is -0.256. The maximum atomic E-state index is 13.0. The zero-order valence-electron chi connectivity index (χ0n) is 15.5. The van der Waals surface area contributed by atoms with Crippen molar-refractivity contribution in [2.45, 2.75) is 44.4 Å². The summed E-state index contributed by atoms with van der Waals surface area (Å²) < 4.78 is 0.927. The Morgan fingerprint density at radius 1 is 0.966 bits per heavy atom. The summed E-state index contributed by atoms with van der Waals surface area (Å²) >= 11 is 6.69. The predicted molar refractivity (Wildman–Crippen MR) is 112 cm³/mol. The molecule has 0 saturated carbocycles. The molecule has 29 heavy (non-hydrogen) atoms. The summed E-state index contributed by atoms with van der Waals surface area (Å²) in [7, 11) is 0. The van der Waals surface area contributed by atoms with Gasteiger partial charge in [0.15, 0.2) is 11.6 Å². The minimum Gasteiger partial charge on any atom is -0.506 e. The molecule has 152 valence electrons. The number of phenolic OH excluding ortho intramolecular Hbond substituents is 1. The minimum absolute atomic E-state index is 0.0446. The molecular formula is C21H19Br2NO5. The summed E-state index contributed by atoms with van der Waals surface area (Å²) in [5, 5.41) is 19.6. The molecule has 2 aliphatic carbocycles. The molecule has 8 heteroatoms. The molecule has 0 spiro atoms. The molecular weight excluding hydrogens is 506 g/mol. The first-order chi connectivity index (χ1) is 13.8. The summed E-state index contributed by atoms with van der Waals surface area (Å²) in [5.74, 6) is -1.58. The normalized spacial score (nSPS) is 20.1. The number of ketones is 2. The van der Waals surface area contributed by atoms with Gasteiger partial charge in [0.2, 0.25) is 0 Å². The quantitative estimate of drug-likeness (QED) is 0.608. The van der Waals surface area contributed by atoms with Crippen LogP contribution in [-0.2, 0) is 14.4 Å². The third-order valence-electron chi connectivity index (χ3n) is 5.75. The number of carbonyl (C=O) groups is 3. The van der Waals surface area contributed by atoms with Gasteiger partial charge < -0.3 is 15.1 Å². The number of hydrogen-bond acceptors (Lipinski definition) is 5. The van der Waals surface area contributed by atoms with Crippen molar-refractivity contribution < 1.29 is 24.6 Å². The van der Waals surface area contributed by atoms with Crippen LogP contribution in [0.4, 0.5) is 0 Å². The first-order valence-electron chi connectivity index (χ1n) is 9.49. The van der Waals surface area contributed by atoms with Crippen LogP contribution in [0.2, 0.25) is 0 Å². The summed E-state index contributed by atoms with van der Waals surface area (Å²) in [6, 6.07) is 3.47. The molecule has 0 unspecified atom stereocenters. The van der Waals surface area contributed by atoms with Crippen LogP contribution in [-0.4, -0.2) is 39.2 Å². The fourth-order valence-corrected chi connectivity index (χ4v) is 5.85. The fraction of sp³-hybridized carbons (Fsp3) is 0.381. The Morgan fingerprint density at radius 3 is 1.90 bits per heavy atom. The Bertz CT molecular complexity index is 943. The van der Waals surface area contributed by atoms with Gasteiger partial charge in [-0.3, -0.25) is 14.4 Å². The Hall–Kier alpha value is -1.93. The van der Waals surface area contributed by atoms with E-state index in [1.807, 2.05) is 0 Å². The number of aromatic hydroxyl groups is 1. The molecule has 0 atom stereocenters. The molecule has 0 bridgehead atoms. The average Bonchev–Trinajstić information content (AvgIpc) is 2.66. The first-order valence-corrected chi connectivity index (χ1v) is 11.1. The highest BCUT2D eigenvalue weighted by Crippen LogP contribution is 2.50. The second kappa shape index (κ2) is 7.72. The number of carbonyl (C=O) groups excluding carboxylic acids is 2. The van der Waals surface area contributed by atoms with E-state index in [0.29, 0.717) is 58.6 Å². The molecule has 0 radical (unpaired) electrons. The standard InChI is InChI=1S/C21H19Br2NO5/c22-11-7-10(8-12(23)21(11)29)18-19-13(3-1-5-15(19)25)24(9-17(27)28)14-4-2-6-16(26)20(14)18/h7-8,18,29H,1-6,9H2,(H,27,28). The van der Waals surface area contributed by atoms with Gasteiger partial charge in [0, 0.05) is 41.3 Å². The number of hydrogen-bond donors (Lipinski definition) is 2. The third-order valence-corrected chi connectivity index (χ3v) is 6.96. The number of carboxylic acids is 1. The van der Waals surface area contributed by atoms with E-state index in [9.17, 15) is 24.6 Å². The van der Waals surface area contributed by atoms with Gasteiger partial charge in [-0.1, -0.05) is 0 Å². The van der Waals surface area contributed by atoms with Crippen LogP contribution in [0, 0.1) is 0 Å². The highest BCUT2D eigenvalue weighted by molar-refractivity contribution is 9.11. The minimum atomic E-state index is -0.992. The highest BCUT2D eigenvalue weighted by Gasteiger charge is 2.43. The molecule has 1 heterocycles. The Labute approximate surface area is 184 Å². The molecule has 0 saturated heterocycles. The van der Waals surface area contributed by atoms with Gasteiger partial charge in [-0.15, -0.1) is 0 Å². The van der Waals surface area contributed by atoms with Crippen molar-refractivity contribution in [3.05, 3.63) is 49.2 Å². The molecule has 0 aromatic heterocycles. The highest BCUT2D eigenvalue weighted by atomic mass is 79.9. The fourth-order valence-electron chi connectivity index (χ4n) is 4.63. The van der Waals surface area contributed by atoms with Crippen LogP contribution < -0.4 is 0 Å². The Kier molecular flexibility index (Phi) is 5.42. The smallest absolute Gasteiger partial charge is 0.323 e. The second-order valence-corrected chi connectivity index (χ2v) is 9.23. The van der Waals surface area contributed by atoms with E-state index in [1.165, 1.54) is 0 Å². The van der Waals surface area contributed by atoms with Gasteiger partial charge in [-0.05, 0) is 75.2 Å². The molecule has 1 aliphatic heterocycles. The van der Waals surface area contributed by atoms with Gasteiger partial charge in [-0.2, -0.15) is 0 Å². The van der Waals surface area contributed by atoms with Crippen molar-refractivity contribution in [2.24, 2.45) is 0 Å². The number of allylic oxidation sites excluding steroid dienone is 4. The maximum absolute atomic E-state index is 13.0. The topological polar surface area (TPSA) is 94.9 Å². The van der Waals surface area contributed by atoms with E-state index in [1.54, 1.807) is 17.0 Å². The van der Waals surface area contributed by atoms with Gasteiger partial charge in [0.25, 0.3) is 0 Å². The van der Waals surface area contributed by atoms with Crippen LogP contribution in [0.25, 0.3) is 0 Å². The number of Topliss-reactive ketones (excluding diaryl/α,β-unsaturated/α-hetero) is 2. The van der Waals surface area contributed by atoms with E-state index >= 15 is 0 Å². The molecule has 1 aromatic rings. The second-order valence-electron chi connectivity index (χ2n) is 7.52. The Morgan fingerprint density at radius 2 is 1.45 bits per heavy atom. The molecule has 2 N–H and O–H groups in total. The lowest BCUT2D eigenvalue weighted by atomic mass is 9.71. The van der Waals surface area contributed by atoms with Gasteiger partial charge >= 0.3 is 5.97 Å². The predicted octanol–water partition coefficient (Wildman–Crippen LogP) is 4.42. The van der Waals surface area contributed by atoms with Crippen LogP contribution in [0.15, 0.2) is 43.6 Å². The van der Waals surface area contributed by atoms with Crippen molar-refractivity contribution in [1.29, 1.82) is 0 Å². The van der Waals surface area contributed by atoms with Crippen LogP contribution >= 0.6 is 31.9 Å². The monoisotopic (exact) mass is 523 g/mol. The third kappa shape index (κ3) is 3.46. The number of carboxylic acid groups (broad SMARTS) is 1. The zero-order valence-corrected chi connectivity index (χ0v) is 18.7. The zero-order chi connectivity index (χ0) is 20.9. The SMILES string of the molecule is O=C(O)CN1C2=C(C(=O)CCC2)C(c2cc(Br)c(O)c(Br)c2)C2=C1CCCC2=O. The van der Waals surface area contributed by atoms with Gasteiger partial charge in [0.1, 0.15) is 12.3 Å². The molecule has 1 aromatic carbocycles. The first kappa shape index (κ1) is 20.3. The summed E-state index contributed by atoms with van der Waals surface area (Å²) in [4.78, 5) is 39.3. The molecule has 4 rings (SSSR count). The van der Waals surface area contributed by atoms with Crippen LogP contribution in [0.1, 0.15) is 50.0 Å². The number of nitrogens with zero attached hydrogens (tertiary/aromatic N) is 1. The lowest BCUT2D eigenvalue weighted by molar-refractivity contribution is -0.138. The van der Waals surface area contributed by atoms with Crippen molar-refractivity contribution in [3.63, 3.8) is 0 Å². The van der Waals surface area contributed by atoms with Crippen molar-refractivity contribution in [1.82, 2.24) is 4.90 Å². The lowest BCUT2D eigenvalue weighted by Crippen LogP contribution is -2.41. The van der Waals surface area contributed by atoms with Gasteiger partial charge in [-0.25, -0.2) is 0 Å². The summed E-state index contributed by atoms with van der Waals surface area (Å²) in [5.41, 5.74) is 3.22. The molecule has 0 fully saturated rings. The number of aliphatic carboxylic acids is 1. The number of halogens is 2. The van der Waals surface area contributed by atoms with Crippen LogP contribution in [0.3, 0.4) is 0 Å². The van der Waals surface area contributed by atoms with E-state index in [4.69, 9.17) is 0 Å². The molecule has 6 nitrogen and oxygen atoms in total. The molecule has 3 aliphatic rings. The average molecular weight is 525 g/mol. The van der Waals surface area contributed by atoms with E-state index in [-0.39, 0.29) is 23.9 Å². The van der Waals surface area contributed by atoms with Crippen LogP contribution in [0.5, 0.6) is 5.75 Å². The summed E-state index contributed by atoms with van der Waals surface area (Å²) in [6.07, 6.45) is 3.31. The van der Waals surface area contributed by atoms with Crippen molar-refractivity contribution in [3.8, 4) is 5.75 Å². The molecule has 0 amide bonds. The lowest BCUT2D eigenvalue weighted by Gasteiger charge is -2.43. The van der Waals surface area contributed by atoms with E-state index in [2.05, 4.69) is 31.9 Å². The Balaban J connectivity index is 1.99. The van der Waals surface area contributed by atoms with Crippen molar-refractivity contribution >= 4 is 49.4 Å². The van der Waals surface area contributed by atoms with E-state index in [0.717, 1.165) is 17.0 Å². The largest absolute Gasteiger partial charge is 0.506 e.